The van der Waals surface area contributed by atoms with Gasteiger partial charge in [0.2, 0.25) is 5.91 Å². The molecule has 0 bridgehead atoms. The normalized spacial score (nSPS) is 15.0. The molecule has 1 saturated heterocycles. The van der Waals surface area contributed by atoms with Gasteiger partial charge in [0, 0.05) is 51.5 Å². The van der Waals surface area contributed by atoms with Crippen LogP contribution in [0.4, 0.5) is 10.1 Å². The molecule has 0 radical (unpaired) electrons. The van der Waals surface area contributed by atoms with Crippen LogP contribution in [0.2, 0.25) is 0 Å². The van der Waals surface area contributed by atoms with E-state index in [4.69, 9.17) is 0 Å². The number of aromatic nitrogens is 2. The molecule has 0 N–H and O–H groups in total. The molecule has 1 fully saturated rings. The molecule has 0 spiro atoms. The molecule has 0 atom stereocenters. The van der Waals surface area contributed by atoms with E-state index in [0.717, 1.165) is 5.82 Å². The highest BCUT2D eigenvalue weighted by Gasteiger charge is 2.22. The Kier molecular flexibility index (Phi) is 4.60. The predicted molar refractivity (Wildman–Crippen MR) is 86.8 cm³/mol. The Balaban J connectivity index is 1.51. The number of nitrogens with zero attached hydrogens (tertiary/aromatic N) is 4. The zero-order valence-corrected chi connectivity index (χ0v) is 13.3. The second-order valence-electron chi connectivity index (χ2n) is 5.74. The van der Waals surface area contributed by atoms with Crippen molar-refractivity contribution in [3.63, 3.8) is 0 Å². The predicted octanol–water partition coefficient (Wildman–Crippen LogP) is 2.07. The van der Waals surface area contributed by atoms with Crippen molar-refractivity contribution in [1.29, 1.82) is 0 Å². The average molecular weight is 316 g/mol. The number of aryl methyl sites for hydroxylation is 2. The van der Waals surface area contributed by atoms with Crippen molar-refractivity contribution in [2.45, 2.75) is 19.9 Å². The number of carbonyl (C=O) groups excluding carboxylic acids is 1. The number of hydrogen-bond donors (Lipinski definition) is 0. The first-order valence-corrected chi connectivity index (χ1v) is 7.90. The third kappa shape index (κ3) is 3.52. The maximum absolute atomic E-state index is 13.8. The van der Waals surface area contributed by atoms with Crippen molar-refractivity contribution in [3.8, 4) is 0 Å². The Morgan fingerprint density at radius 2 is 1.96 bits per heavy atom. The molecule has 0 saturated carbocycles. The molecule has 1 amide bonds. The van der Waals surface area contributed by atoms with E-state index in [9.17, 15) is 9.18 Å². The van der Waals surface area contributed by atoms with E-state index in [-0.39, 0.29) is 11.7 Å². The molecule has 1 aliphatic heterocycles. The maximum atomic E-state index is 13.8. The van der Waals surface area contributed by atoms with Gasteiger partial charge >= 0.3 is 0 Å². The molecule has 2 aromatic rings. The zero-order valence-electron chi connectivity index (χ0n) is 13.3. The number of rotatable bonds is 4. The third-order valence-corrected chi connectivity index (χ3v) is 4.32. The summed E-state index contributed by atoms with van der Waals surface area (Å²) in [6.45, 7) is 5.18. The molecule has 6 heteroatoms. The van der Waals surface area contributed by atoms with Crippen molar-refractivity contribution in [2.75, 3.05) is 31.1 Å². The van der Waals surface area contributed by atoms with E-state index in [0.29, 0.717) is 44.8 Å². The van der Waals surface area contributed by atoms with Crippen molar-refractivity contribution in [2.24, 2.45) is 0 Å². The second-order valence-corrected chi connectivity index (χ2v) is 5.74. The molecule has 23 heavy (non-hydrogen) atoms. The van der Waals surface area contributed by atoms with Crippen LogP contribution in [0.3, 0.4) is 0 Å². The summed E-state index contributed by atoms with van der Waals surface area (Å²) in [6, 6.07) is 6.79. The van der Waals surface area contributed by atoms with Gasteiger partial charge in [0.1, 0.15) is 11.6 Å². The highest BCUT2D eigenvalue weighted by Crippen LogP contribution is 2.20. The fourth-order valence-corrected chi connectivity index (χ4v) is 2.92. The summed E-state index contributed by atoms with van der Waals surface area (Å²) in [5.41, 5.74) is 0.619. The number of benzene rings is 1. The van der Waals surface area contributed by atoms with Crippen LogP contribution >= 0.6 is 0 Å². The van der Waals surface area contributed by atoms with Gasteiger partial charge in [-0.25, -0.2) is 9.37 Å². The molecule has 0 unspecified atom stereocenters. The number of anilines is 1. The van der Waals surface area contributed by atoms with Crippen molar-refractivity contribution < 1.29 is 9.18 Å². The van der Waals surface area contributed by atoms with Gasteiger partial charge in [0.05, 0.1) is 5.69 Å². The van der Waals surface area contributed by atoms with Gasteiger partial charge in [-0.2, -0.15) is 0 Å². The molecule has 0 aliphatic carbocycles. The van der Waals surface area contributed by atoms with Crippen molar-refractivity contribution in [1.82, 2.24) is 14.5 Å². The molecule has 122 valence electrons. The van der Waals surface area contributed by atoms with Crippen molar-refractivity contribution >= 4 is 11.6 Å². The minimum Gasteiger partial charge on any atom is -0.366 e. The first-order chi connectivity index (χ1) is 11.1. The summed E-state index contributed by atoms with van der Waals surface area (Å²) in [4.78, 5) is 20.3. The summed E-state index contributed by atoms with van der Waals surface area (Å²) >= 11 is 0. The van der Waals surface area contributed by atoms with Crippen LogP contribution in [0.1, 0.15) is 12.2 Å². The van der Waals surface area contributed by atoms with E-state index < -0.39 is 0 Å². The van der Waals surface area contributed by atoms with Gasteiger partial charge in [0.15, 0.2) is 0 Å². The summed E-state index contributed by atoms with van der Waals surface area (Å²) in [5, 5.41) is 0. The van der Waals surface area contributed by atoms with E-state index in [1.807, 2.05) is 33.6 Å². The zero-order chi connectivity index (χ0) is 16.2. The Morgan fingerprint density at radius 3 is 2.61 bits per heavy atom. The fourth-order valence-electron chi connectivity index (χ4n) is 2.92. The first kappa shape index (κ1) is 15.5. The molecule has 3 rings (SSSR count). The molecular formula is C17H21FN4O. The van der Waals surface area contributed by atoms with Crippen LogP contribution in [-0.2, 0) is 11.3 Å². The van der Waals surface area contributed by atoms with Gasteiger partial charge < -0.3 is 14.4 Å². The SMILES string of the molecule is Cc1nccn1CCC(=O)N1CCN(c2ccccc2F)CC1. The Bertz CT molecular complexity index is 677. The molecule has 5 nitrogen and oxygen atoms in total. The van der Waals surface area contributed by atoms with E-state index in [2.05, 4.69) is 4.98 Å². The molecule has 2 heterocycles. The molecule has 1 aromatic carbocycles. The maximum Gasteiger partial charge on any atom is 0.224 e. The minimum absolute atomic E-state index is 0.145. The number of carbonyl (C=O) groups is 1. The molecule has 1 aromatic heterocycles. The van der Waals surface area contributed by atoms with Gasteiger partial charge in [-0.1, -0.05) is 12.1 Å². The number of amides is 1. The van der Waals surface area contributed by atoms with E-state index in [1.165, 1.54) is 6.07 Å². The number of halogens is 1. The van der Waals surface area contributed by atoms with Crippen LogP contribution in [0.25, 0.3) is 0 Å². The second kappa shape index (κ2) is 6.81. The van der Waals surface area contributed by atoms with Gasteiger partial charge in [0.25, 0.3) is 0 Å². The largest absolute Gasteiger partial charge is 0.366 e. The van der Waals surface area contributed by atoms with Crippen LogP contribution in [0.5, 0.6) is 0 Å². The number of imidazole rings is 1. The first-order valence-electron chi connectivity index (χ1n) is 7.90. The Labute approximate surface area is 135 Å². The van der Waals surface area contributed by atoms with E-state index in [1.54, 1.807) is 18.3 Å². The smallest absolute Gasteiger partial charge is 0.224 e. The lowest BCUT2D eigenvalue weighted by Gasteiger charge is -2.36. The topological polar surface area (TPSA) is 41.4 Å². The Hall–Kier alpha value is -2.37. The number of para-hydroxylation sites is 1. The van der Waals surface area contributed by atoms with Crippen LogP contribution in [-0.4, -0.2) is 46.5 Å². The monoisotopic (exact) mass is 316 g/mol. The van der Waals surface area contributed by atoms with Crippen LogP contribution in [0.15, 0.2) is 36.7 Å². The lowest BCUT2D eigenvalue weighted by atomic mass is 10.2. The summed E-state index contributed by atoms with van der Waals surface area (Å²) in [5.74, 6) is 0.858. The van der Waals surface area contributed by atoms with Crippen molar-refractivity contribution in [3.05, 3.63) is 48.3 Å². The lowest BCUT2D eigenvalue weighted by molar-refractivity contribution is -0.131. The quantitative estimate of drug-likeness (QED) is 0.867. The number of piperazine rings is 1. The highest BCUT2D eigenvalue weighted by molar-refractivity contribution is 5.76. The Morgan fingerprint density at radius 1 is 1.22 bits per heavy atom. The lowest BCUT2D eigenvalue weighted by Crippen LogP contribution is -2.49. The van der Waals surface area contributed by atoms with Gasteiger partial charge in [-0.05, 0) is 19.1 Å². The third-order valence-electron chi connectivity index (χ3n) is 4.32. The van der Waals surface area contributed by atoms with Crippen LogP contribution in [0, 0.1) is 12.7 Å². The fraction of sp³-hybridized carbons (Fsp3) is 0.412. The summed E-state index contributed by atoms with van der Waals surface area (Å²) in [6.07, 6.45) is 4.10. The summed E-state index contributed by atoms with van der Waals surface area (Å²) < 4.78 is 15.8. The van der Waals surface area contributed by atoms with E-state index >= 15 is 0 Å². The number of hydrogen-bond acceptors (Lipinski definition) is 3. The summed E-state index contributed by atoms with van der Waals surface area (Å²) in [7, 11) is 0. The highest BCUT2D eigenvalue weighted by atomic mass is 19.1. The standard InChI is InChI=1S/C17H21FN4O/c1-14-19-7-9-20(14)8-6-17(23)22-12-10-21(11-13-22)16-5-3-2-4-15(16)18/h2-5,7,9H,6,8,10-13H2,1H3. The van der Waals surface area contributed by atoms with Gasteiger partial charge in [-0.3, -0.25) is 4.79 Å². The molecule has 1 aliphatic rings. The molecular weight excluding hydrogens is 295 g/mol. The van der Waals surface area contributed by atoms with Crippen LogP contribution < -0.4 is 4.90 Å². The average Bonchev–Trinajstić information content (AvgIpc) is 2.98. The minimum atomic E-state index is -0.206. The van der Waals surface area contributed by atoms with Gasteiger partial charge in [-0.15, -0.1) is 0 Å².